The maximum absolute atomic E-state index is 14.4. The quantitative estimate of drug-likeness (QED) is 0.289. The van der Waals surface area contributed by atoms with Gasteiger partial charge in [-0.3, -0.25) is 9.69 Å². The van der Waals surface area contributed by atoms with Crippen LogP contribution in [-0.2, 0) is 17.0 Å². The van der Waals surface area contributed by atoms with Crippen LogP contribution in [0.2, 0.25) is 10.0 Å². The van der Waals surface area contributed by atoms with Gasteiger partial charge in [0, 0.05) is 33.5 Å². The monoisotopic (exact) mass is 601 g/mol. The molecule has 1 aliphatic rings. The highest BCUT2D eigenvalue weighted by molar-refractivity contribution is 6.34. The summed E-state index contributed by atoms with van der Waals surface area (Å²) in [6, 6.07) is 8.17. The van der Waals surface area contributed by atoms with Gasteiger partial charge in [0.15, 0.2) is 0 Å². The number of carbonyl (C=O) groups excluding carboxylic acids is 1. The molecule has 0 spiro atoms. The average molecular weight is 602 g/mol. The molecule has 1 atom stereocenters. The number of nitrogens with zero attached hydrogens (tertiary/aromatic N) is 5. The van der Waals surface area contributed by atoms with Gasteiger partial charge in [-0.15, -0.1) is 17.9 Å². The Morgan fingerprint density at radius 1 is 1.17 bits per heavy atom. The second-order valence-corrected chi connectivity index (χ2v) is 10.6. The van der Waals surface area contributed by atoms with E-state index in [1.807, 2.05) is 13.8 Å². The molecule has 212 valence electrons. The van der Waals surface area contributed by atoms with Crippen LogP contribution in [0.3, 0.4) is 0 Å². The van der Waals surface area contributed by atoms with Gasteiger partial charge in [-0.25, -0.2) is 4.68 Å². The normalized spacial score (nSPS) is 16.6. The number of hydrogen-bond acceptors (Lipinski definition) is 5. The van der Waals surface area contributed by atoms with Gasteiger partial charge in [-0.05, 0) is 48.4 Å². The first-order valence-electron chi connectivity index (χ1n) is 12.3. The molecular formula is C29H24Cl2F3N5O2. The molecule has 1 amide bonds. The van der Waals surface area contributed by atoms with E-state index in [4.69, 9.17) is 40.9 Å². The molecule has 0 saturated heterocycles. The molecule has 0 bridgehead atoms. The van der Waals surface area contributed by atoms with Gasteiger partial charge in [0.2, 0.25) is 0 Å². The molecule has 1 unspecified atom stereocenters. The third kappa shape index (κ3) is 5.76. The van der Waals surface area contributed by atoms with Crippen molar-refractivity contribution in [2.75, 3.05) is 11.4 Å². The number of carbonyl (C=O) groups is 1. The molecule has 1 aliphatic heterocycles. The molecule has 1 aromatic heterocycles. The molecule has 0 N–H and O–H groups in total. The summed E-state index contributed by atoms with van der Waals surface area (Å²) in [6.07, 6.45) is 5.53. The minimum atomic E-state index is -4.84. The van der Waals surface area contributed by atoms with E-state index in [0.717, 1.165) is 12.1 Å². The summed E-state index contributed by atoms with van der Waals surface area (Å²) in [4.78, 5) is 24.4. The third-order valence-electron chi connectivity index (χ3n) is 6.49. The Bertz CT molecular complexity index is 1600. The largest absolute Gasteiger partial charge is 0.435 e. The van der Waals surface area contributed by atoms with Crippen LogP contribution in [0, 0.1) is 31.6 Å². The molecule has 4 rings (SSSR count). The van der Waals surface area contributed by atoms with Gasteiger partial charge in [0.1, 0.15) is 12.4 Å². The number of terminal acetylenes is 2. The highest BCUT2D eigenvalue weighted by Crippen LogP contribution is 2.49. The van der Waals surface area contributed by atoms with Crippen molar-refractivity contribution in [3.8, 4) is 24.7 Å². The lowest BCUT2D eigenvalue weighted by atomic mass is 9.86. The molecule has 0 fully saturated rings. The zero-order valence-electron chi connectivity index (χ0n) is 22.3. The predicted octanol–water partition coefficient (Wildman–Crippen LogP) is 6.51. The Balaban J connectivity index is 1.66. The lowest BCUT2D eigenvalue weighted by Crippen LogP contribution is -2.42. The van der Waals surface area contributed by atoms with Gasteiger partial charge in [0.05, 0.1) is 12.3 Å². The van der Waals surface area contributed by atoms with E-state index in [1.165, 1.54) is 27.8 Å². The van der Waals surface area contributed by atoms with E-state index >= 15 is 0 Å². The Labute approximate surface area is 245 Å². The summed E-state index contributed by atoms with van der Waals surface area (Å²) in [5.41, 5.74) is -1.93. The molecule has 12 heteroatoms. The number of halogens is 5. The molecule has 0 radical (unpaired) electrons. The van der Waals surface area contributed by atoms with Crippen LogP contribution >= 0.6 is 23.2 Å². The highest BCUT2D eigenvalue weighted by Gasteiger charge is 2.62. The lowest BCUT2D eigenvalue weighted by molar-refractivity contribution is -0.275. The van der Waals surface area contributed by atoms with E-state index in [1.54, 1.807) is 13.0 Å². The molecular weight excluding hydrogens is 578 g/mol. The number of rotatable bonds is 7. The third-order valence-corrected chi connectivity index (χ3v) is 6.92. The van der Waals surface area contributed by atoms with Crippen LogP contribution in [0.5, 0.6) is 0 Å². The van der Waals surface area contributed by atoms with E-state index in [-0.39, 0.29) is 51.8 Å². The Hall–Kier alpha value is -3.99. The highest BCUT2D eigenvalue weighted by atomic mass is 35.5. The number of anilines is 1. The minimum Gasteiger partial charge on any atom is -0.374 e. The van der Waals surface area contributed by atoms with Gasteiger partial charge in [-0.1, -0.05) is 60.1 Å². The Morgan fingerprint density at radius 2 is 1.85 bits per heavy atom. The standard InChI is InChI=1S/C29H24Cl2F3N5O2/c1-6-10-38(27-35-25(17(3)4)39(36-27)11-7-2)26(40)23-9-8-19(12-18(23)5)24-16-28(41-37-24,29(32,33)34)20-13-21(30)15-22(31)14-20/h1-2,8-9,12-15,17H,10-11,16H2,3-5H3. The smallest absolute Gasteiger partial charge is 0.374 e. The maximum atomic E-state index is 14.4. The van der Waals surface area contributed by atoms with Crippen molar-refractivity contribution in [1.82, 2.24) is 14.8 Å². The zero-order chi connectivity index (χ0) is 30.1. The topological polar surface area (TPSA) is 72.6 Å². The van der Waals surface area contributed by atoms with Crippen molar-refractivity contribution in [3.63, 3.8) is 0 Å². The van der Waals surface area contributed by atoms with Gasteiger partial charge in [-0.2, -0.15) is 18.2 Å². The SMILES string of the molecule is C#CCN(C(=O)c1ccc(C2=NOC(c3cc(Cl)cc(Cl)c3)(C(F)(F)F)C2)cc1C)c1nc(C(C)C)n(CC#C)n1. The Morgan fingerprint density at radius 3 is 2.41 bits per heavy atom. The summed E-state index contributed by atoms with van der Waals surface area (Å²) in [5.74, 6) is 5.14. The van der Waals surface area contributed by atoms with Crippen LogP contribution in [-0.4, -0.2) is 39.1 Å². The molecule has 2 aromatic carbocycles. The van der Waals surface area contributed by atoms with Crippen molar-refractivity contribution < 1.29 is 22.8 Å². The van der Waals surface area contributed by atoms with Crippen molar-refractivity contribution in [2.45, 2.75) is 51.4 Å². The summed E-state index contributed by atoms with van der Waals surface area (Å²) in [6.45, 7) is 5.53. The fourth-order valence-corrected chi connectivity index (χ4v) is 5.01. The second kappa shape index (κ2) is 11.5. The van der Waals surface area contributed by atoms with Crippen LogP contribution in [0.4, 0.5) is 19.1 Å². The number of amides is 1. The molecule has 7 nitrogen and oxygen atoms in total. The fourth-order valence-electron chi connectivity index (χ4n) is 4.48. The summed E-state index contributed by atoms with van der Waals surface area (Å²) >= 11 is 12.0. The number of alkyl halides is 3. The summed E-state index contributed by atoms with van der Waals surface area (Å²) < 4.78 is 44.7. The van der Waals surface area contributed by atoms with E-state index in [9.17, 15) is 18.0 Å². The first kappa shape index (κ1) is 30.0. The number of aromatic nitrogens is 3. The first-order chi connectivity index (χ1) is 19.3. The van der Waals surface area contributed by atoms with Crippen molar-refractivity contribution in [1.29, 1.82) is 0 Å². The molecule has 2 heterocycles. The predicted molar refractivity (Wildman–Crippen MR) is 151 cm³/mol. The van der Waals surface area contributed by atoms with Crippen molar-refractivity contribution >= 4 is 40.8 Å². The average Bonchev–Trinajstić information content (AvgIpc) is 3.52. The van der Waals surface area contributed by atoms with E-state index in [2.05, 4.69) is 27.1 Å². The summed E-state index contributed by atoms with van der Waals surface area (Å²) in [5, 5.41) is 8.23. The number of oxime groups is 1. The minimum absolute atomic E-state index is 0.0189. The molecule has 0 aliphatic carbocycles. The fraction of sp³-hybridized carbons (Fsp3) is 0.310. The number of hydrogen-bond donors (Lipinski definition) is 0. The lowest BCUT2D eigenvalue weighted by Gasteiger charge is -2.29. The van der Waals surface area contributed by atoms with Crippen LogP contribution in [0.25, 0.3) is 0 Å². The number of benzene rings is 2. The first-order valence-corrected chi connectivity index (χ1v) is 13.1. The van der Waals surface area contributed by atoms with Crippen LogP contribution < -0.4 is 4.90 Å². The van der Waals surface area contributed by atoms with E-state index in [0.29, 0.717) is 17.0 Å². The molecule has 3 aromatic rings. The number of aryl methyl sites for hydroxylation is 1. The van der Waals surface area contributed by atoms with Crippen molar-refractivity contribution in [2.24, 2.45) is 5.16 Å². The second-order valence-electron chi connectivity index (χ2n) is 9.70. The van der Waals surface area contributed by atoms with E-state index < -0.39 is 24.1 Å². The van der Waals surface area contributed by atoms with Gasteiger partial charge >= 0.3 is 6.18 Å². The zero-order valence-corrected chi connectivity index (χ0v) is 23.8. The molecule has 41 heavy (non-hydrogen) atoms. The van der Waals surface area contributed by atoms with Gasteiger partial charge in [0.25, 0.3) is 17.5 Å². The van der Waals surface area contributed by atoms with Gasteiger partial charge < -0.3 is 4.84 Å². The Kier molecular flexibility index (Phi) is 8.39. The maximum Gasteiger partial charge on any atom is 0.435 e. The molecule has 0 saturated carbocycles. The summed E-state index contributed by atoms with van der Waals surface area (Å²) in [7, 11) is 0. The van der Waals surface area contributed by atoms with Crippen molar-refractivity contribution in [3.05, 3.63) is 74.5 Å². The van der Waals surface area contributed by atoms with Crippen LogP contribution in [0.15, 0.2) is 41.6 Å². The van der Waals surface area contributed by atoms with Crippen LogP contribution in [0.1, 0.15) is 59.1 Å².